The second-order valence-corrected chi connectivity index (χ2v) is 5.43. The van der Waals surface area contributed by atoms with E-state index in [2.05, 4.69) is 27.3 Å². The van der Waals surface area contributed by atoms with Gasteiger partial charge in [0.05, 0.1) is 16.6 Å². The van der Waals surface area contributed by atoms with E-state index in [1.165, 1.54) is 6.07 Å². The van der Waals surface area contributed by atoms with Gasteiger partial charge in [0, 0.05) is 16.6 Å². The van der Waals surface area contributed by atoms with Gasteiger partial charge in [0.25, 0.3) is 5.69 Å². The van der Waals surface area contributed by atoms with Gasteiger partial charge in [-0.2, -0.15) is 5.26 Å². The molecule has 0 aromatic heterocycles. The highest BCUT2D eigenvalue weighted by Gasteiger charge is 2.16. The molecule has 0 saturated heterocycles. The molecular formula is C15H12BrN3O2. The fourth-order valence-corrected chi connectivity index (χ4v) is 2.29. The summed E-state index contributed by atoms with van der Waals surface area (Å²) in [4.78, 5) is 10.7. The molecule has 1 N–H and O–H groups in total. The molecule has 0 heterocycles. The molecule has 0 amide bonds. The zero-order chi connectivity index (χ0) is 15.4. The Morgan fingerprint density at radius 3 is 2.52 bits per heavy atom. The first-order chi connectivity index (χ1) is 10.0. The van der Waals surface area contributed by atoms with Crippen molar-refractivity contribution in [2.24, 2.45) is 0 Å². The fourth-order valence-electron chi connectivity index (χ4n) is 1.94. The van der Waals surface area contributed by atoms with Gasteiger partial charge in [-0.1, -0.05) is 28.1 Å². The lowest BCUT2D eigenvalue weighted by Gasteiger charge is -2.16. The van der Waals surface area contributed by atoms with E-state index >= 15 is 0 Å². The van der Waals surface area contributed by atoms with Crippen LogP contribution < -0.4 is 5.32 Å². The Bertz CT molecular complexity index is 708. The minimum atomic E-state index is -0.418. The van der Waals surface area contributed by atoms with Gasteiger partial charge < -0.3 is 5.32 Å². The van der Waals surface area contributed by atoms with Crippen LogP contribution in [0.1, 0.15) is 24.1 Å². The van der Waals surface area contributed by atoms with Gasteiger partial charge in [-0.25, -0.2) is 0 Å². The quantitative estimate of drug-likeness (QED) is 0.657. The Labute approximate surface area is 130 Å². The van der Waals surface area contributed by atoms with Crippen molar-refractivity contribution in [3.05, 3.63) is 68.2 Å². The number of halogens is 1. The molecule has 2 aromatic carbocycles. The maximum atomic E-state index is 11.1. The van der Waals surface area contributed by atoms with Crippen molar-refractivity contribution in [1.82, 2.24) is 0 Å². The van der Waals surface area contributed by atoms with Gasteiger partial charge in [0.15, 0.2) is 0 Å². The summed E-state index contributed by atoms with van der Waals surface area (Å²) in [6, 6.07) is 14.0. The lowest BCUT2D eigenvalue weighted by Crippen LogP contribution is -2.08. The molecule has 106 valence electrons. The molecular weight excluding hydrogens is 334 g/mol. The van der Waals surface area contributed by atoms with E-state index in [9.17, 15) is 10.1 Å². The SMILES string of the molecule is CC(Nc1ccc(Br)cc1[N+](=O)[O-])c1ccc(C#N)cc1. The van der Waals surface area contributed by atoms with Gasteiger partial charge >= 0.3 is 0 Å². The smallest absolute Gasteiger partial charge is 0.293 e. The maximum Gasteiger partial charge on any atom is 0.293 e. The minimum absolute atomic E-state index is 0.0184. The predicted molar refractivity (Wildman–Crippen MR) is 84.0 cm³/mol. The zero-order valence-corrected chi connectivity index (χ0v) is 12.8. The number of nitrogens with one attached hydrogen (secondary N) is 1. The lowest BCUT2D eigenvalue weighted by atomic mass is 10.1. The summed E-state index contributed by atoms with van der Waals surface area (Å²) in [5.41, 5.74) is 2.01. The van der Waals surface area contributed by atoms with Crippen LogP contribution in [0, 0.1) is 21.4 Å². The molecule has 2 rings (SSSR count). The summed E-state index contributed by atoms with van der Waals surface area (Å²) < 4.78 is 0.658. The summed E-state index contributed by atoms with van der Waals surface area (Å²) in [5.74, 6) is 0. The molecule has 1 unspecified atom stereocenters. The highest BCUT2D eigenvalue weighted by molar-refractivity contribution is 9.10. The van der Waals surface area contributed by atoms with Crippen LogP contribution in [0.5, 0.6) is 0 Å². The third kappa shape index (κ3) is 3.58. The zero-order valence-electron chi connectivity index (χ0n) is 11.2. The highest BCUT2D eigenvalue weighted by Crippen LogP contribution is 2.30. The second kappa shape index (κ2) is 6.37. The molecule has 21 heavy (non-hydrogen) atoms. The second-order valence-electron chi connectivity index (χ2n) is 4.52. The van der Waals surface area contributed by atoms with Crippen LogP contribution in [0.4, 0.5) is 11.4 Å². The molecule has 0 radical (unpaired) electrons. The number of nitrogens with zero attached hydrogens (tertiary/aromatic N) is 2. The lowest BCUT2D eigenvalue weighted by molar-refractivity contribution is -0.384. The van der Waals surface area contributed by atoms with Crippen LogP contribution in [0.15, 0.2) is 46.9 Å². The first-order valence-electron chi connectivity index (χ1n) is 6.22. The van der Waals surface area contributed by atoms with Crippen LogP contribution in [0.25, 0.3) is 0 Å². The third-order valence-corrected chi connectivity index (χ3v) is 3.56. The summed E-state index contributed by atoms with van der Waals surface area (Å²) >= 11 is 3.23. The molecule has 2 aromatic rings. The molecule has 1 atom stereocenters. The number of hydrogen-bond acceptors (Lipinski definition) is 4. The summed E-state index contributed by atoms with van der Waals surface area (Å²) in [6.45, 7) is 1.91. The number of hydrogen-bond donors (Lipinski definition) is 1. The molecule has 0 bridgehead atoms. The first kappa shape index (κ1) is 15.0. The van der Waals surface area contributed by atoms with E-state index in [4.69, 9.17) is 5.26 Å². The van der Waals surface area contributed by atoms with Gasteiger partial charge in [-0.3, -0.25) is 10.1 Å². The van der Waals surface area contributed by atoms with Crippen LogP contribution in [-0.2, 0) is 0 Å². The van der Waals surface area contributed by atoms with E-state index < -0.39 is 4.92 Å². The maximum absolute atomic E-state index is 11.1. The molecule has 0 spiro atoms. The third-order valence-electron chi connectivity index (χ3n) is 3.07. The van der Waals surface area contributed by atoms with E-state index in [1.54, 1.807) is 24.3 Å². The van der Waals surface area contributed by atoms with Crippen molar-refractivity contribution < 1.29 is 4.92 Å². The summed E-state index contributed by atoms with van der Waals surface area (Å²) in [7, 11) is 0. The van der Waals surface area contributed by atoms with E-state index in [1.807, 2.05) is 19.1 Å². The average Bonchev–Trinajstić information content (AvgIpc) is 2.49. The van der Waals surface area contributed by atoms with Crippen LogP contribution in [-0.4, -0.2) is 4.92 Å². The molecule has 6 heteroatoms. The molecule has 0 aliphatic carbocycles. The summed E-state index contributed by atoms with van der Waals surface area (Å²) in [5, 5.41) is 23.0. The van der Waals surface area contributed by atoms with Gasteiger partial charge in [0.2, 0.25) is 0 Å². The molecule has 0 fully saturated rings. The van der Waals surface area contributed by atoms with E-state index in [-0.39, 0.29) is 11.7 Å². The minimum Gasteiger partial charge on any atom is -0.373 e. The topological polar surface area (TPSA) is 79.0 Å². The number of benzene rings is 2. The first-order valence-corrected chi connectivity index (χ1v) is 7.01. The average molecular weight is 346 g/mol. The normalized spacial score (nSPS) is 11.5. The van der Waals surface area contributed by atoms with Crippen molar-refractivity contribution in [2.45, 2.75) is 13.0 Å². The Kier molecular flexibility index (Phi) is 4.55. The monoisotopic (exact) mass is 345 g/mol. The number of anilines is 1. The molecule has 0 saturated carbocycles. The highest BCUT2D eigenvalue weighted by atomic mass is 79.9. The number of nitriles is 1. The largest absolute Gasteiger partial charge is 0.373 e. The Hall–Kier alpha value is -2.39. The van der Waals surface area contributed by atoms with E-state index in [0.29, 0.717) is 15.7 Å². The van der Waals surface area contributed by atoms with Crippen LogP contribution in [0.3, 0.4) is 0 Å². The Morgan fingerprint density at radius 2 is 1.95 bits per heavy atom. The van der Waals surface area contributed by atoms with Gasteiger partial charge in [0.1, 0.15) is 5.69 Å². The van der Waals surface area contributed by atoms with E-state index in [0.717, 1.165) is 5.56 Å². The standard InChI is InChI=1S/C15H12BrN3O2/c1-10(12-4-2-11(9-17)3-5-12)18-14-7-6-13(16)8-15(14)19(20)21/h2-8,10,18H,1H3. The Morgan fingerprint density at radius 1 is 1.29 bits per heavy atom. The predicted octanol–water partition coefficient (Wildman–Crippen LogP) is 4.40. The van der Waals surface area contributed by atoms with Crippen molar-refractivity contribution in [3.8, 4) is 6.07 Å². The van der Waals surface area contributed by atoms with Crippen LogP contribution in [0.2, 0.25) is 0 Å². The van der Waals surface area contributed by atoms with Crippen molar-refractivity contribution >= 4 is 27.3 Å². The molecule has 0 aliphatic heterocycles. The number of nitro groups is 1. The molecule has 5 nitrogen and oxygen atoms in total. The van der Waals surface area contributed by atoms with Gasteiger partial charge in [-0.15, -0.1) is 0 Å². The summed E-state index contributed by atoms with van der Waals surface area (Å²) in [6.07, 6.45) is 0. The van der Waals surface area contributed by atoms with Gasteiger partial charge in [-0.05, 0) is 36.8 Å². The fraction of sp³-hybridized carbons (Fsp3) is 0.133. The van der Waals surface area contributed by atoms with Crippen molar-refractivity contribution in [1.29, 1.82) is 5.26 Å². The van der Waals surface area contributed by atoms with Crippen molar-refractivity contribution in [3.63, 3.8) is 0 Å². The van der Waals surface area contributed by atoms with Crippen molar-refractivity contribution in [2.75, 3.05) is 5.32 Å². The van der Waals surface area contributed by atoms with Crippen LogP contribution >= 0.6 is 15.9 Å². The number of nitro benzene ring substituents is 1. The molecule has 0 aliphatic rings. The number of rotatable bonds is 4. The Balaban J connectivity index is 2.24.